The molecule has 1 aliphatic rings. The average Bonchev–Trinajstić information content (AvgIpc) is 2.39. The molecule has 0 aromatic carbocycles. The van der Waals surface area contributed by atoms with Crippen LogP contribution in [0.25, 0.3) is 0 Å². The number of aromatic nitrogens is 1. The van der Waals surface area contributed by atoms with Crippen LogP contribution in [0, 0.1) is 18.8 Å². The third-order valence-corrected chi connectivity index (χ3v) is 3.56. The van der Waals surface area contributed by atoms with Crippen molar-refractivity contribution in [3.05, 3.63) is 23.9 Å². The number of aryl methyl sites for hydroxylation is 1. The lowest BCUT2D eigenvalue weighted by molar-refractivity contribution is -0.143. The van der Waals surface area contributed by atoms with E-state index in [4.69, 9.17) is 5.11 Å². The number of rotatable bonds is 3. The summed E-state index contributed by atoms with van der Waals surface area (Å²) in [6, 6.07) is 3.66. The Labute approximate surface area is 112 Å². The number of pyridine rings is 1. The minimum atomic E-state index is -0.800. The van der Waals surface area contributed by atoms with E-state index in [1.807, 2.05) is 13.0 Å². The molecule has 1 heterocycles. The molecular weight excluding hydrogens is 244 g/mol. The van der Waals surface area contributed by atoms with Gasteiger partial charge in [-0.25, -0.2) is 4.98 Å². The van der Waals surface area contributed by atoms with Crippen molar-refractivity contribution in [1.82, 2.24) is 4.98 Å². The lowest BCUT2D eigenvalue weighted by Gasteiger charge is -2.25. The summed E-state index contributed by atoms with van der Waals surface area (Å²) in [4.78, 5) is 27.2. The highest BCUT2D eigenvalue weighted by molar-refractivity contribution is 5.92. The van der Waals surface area contributed by atoms with E-state index in [-0.39, 0.29) is 11.8 Å². The van der Waals surface area contributed by atoms with Gasteiger partial charge in [0.15, 0.2) is 0 Å². The van der Waals surface area contributed by atoms with Crippen molar-refractivity contribution in [3.63, 3.8) is 0 Å². The van der Waals surface area contributed by atoms with Crippen LogP contribution in [0.3, 0.4) is 0 Å². The lowest BCUT2D eigenvalue weighted by atomic mass is 9.81. The summed E-state index contributed by atoms with van der Waals surface area (Å²) in [7, 11) is 0. The number of hydrogen-bond acceptors (Lipinski definition) is 3. The number of carbonyl (C=O) groups is 2. The van der Waals surface area contributed by atoms with Gasteiger partial charge in [-0.15, -0.1) is 0 Å². The van der Waals surface area contributed by atoms with Gasteiger partial charge in [0.2, 0.25) is 5.91 Å². The summed E-state index contributed by atoms with van der Waals surface area (Å²) >= 11 is 0. The molecule has 2 N–H and O–H groups in total. The molecule has 1 aromatic rings. The highest BCUT2D eigenvalue weighted by Crippen LogP contribution is 2.30. The molecule has 0 radical (unpaired) electrons. The van der Waals surface area contributed by atoms with Gasteiger partial charge in [-0.2, -0.15) is 0 Å². The number of nitrogens with one attached hydrogen (secondary N) is 1. The minimum absolute atomic E-state index is 0.121. The number of anilines is 1. The van der Waals surface area contributed by atoms with Gasteiger partial charge in [0, 0.05) is 12.1 Å². The Hall–Kier alpha value is -1.91. The molecule has 1 saturated carbocycles. The largest absolute Gasteiger partial charge is 0.481 e. The molecule has 19 heavy (non-hydrogen) atoms. The van der Waals surface area contributed by atoms with Crippen LogP contribution in [0.4, 0.5) is 5.82 Å². The van der Waals surface area contributed by atoms with Gasteiger partial charge in [0.1, 0.15) is 5.82 Å². The molecule has 2 atom stereocenters. The third-order valence-electron chi connectivity index (χ3n) is 3.56. The minimum Gasteiger partial charge on any atom is -0.481 e. The quantitative estimate of drug-likeness (QED) is 0.875. The molecule has 1 aromatic heterocycles. The maximum atomic E-state index is 12.1. The van der Waals surface area contributed by atoms with E-state index in [0.29, 0.717) is 18.7 Å². The van der Waals surface area contributed by atoms with Crippen LogP contribution in [0.5, 0.6) is 0 Å². The van der Waals surface area contributed by atoms with E-state index in [0.717, 1.165) is 18.4 Å². The molecule has 0 aliphatic heterocycles. The van der Waals surface area contributed by atoms with Gasteiger partial charge in [-0.1, -0.05) is 6.42 Å². The van der Waals surface area contributed by atoms with Crippen LogP contribution in [0.1, 0.15) is 31.2 Å². The molecule has 1 amide bonds. The molecule has 1 fully saturated rings. The summed E-state index contributed by atoms with van der Waals surface area (Å²) in [5.74, 6) is -1.01. The molecule has 0 unspecified atom stereocenters. The fourth-order valence-electron chi connectivity index (χ4n) is 2.49. The van der Waals surface area contributed by atoms with Crippen molar-refractivity contribution in [3.8, 4) is 0 Å². The Bertz CT molecular complexity index is 487. The summed E-state index contributed by atoms with van der Waals surface area (Å²) < 4.78 is 0. The van der Waals surface area contributed by atoms with Crippen molar-refractivity contribution < 1.29 is 14.7 Å². The molecule has 0 saturated heterocycles. The first-order valence-corrected chi connectivity index (χ1v) is 6.52. The van der Waals surface area contributed by atoms with Crippen LogP contribution in [0.15, 0.2) is 18.3 Å². The number of carboxylic acids is 1. The highest BCUT2D eigenvalue weighted by Gasteiger charge is 2.31. The van der Waals surface area contributed by atoms with Crippen LogP contribution in [0.2, 0.25) is 0 Å². The zero-order valence-electron chi connectivity index (χ0n) is 10.9. The van der Waals surface area contributed by atoms with Gasteiger partial charge in [0.05, 0.1) is 5.92 Å². The first-order chi connectivity index (χ1) is 9.06. The van der Waals surface area contributed by atoms with Crippen molar-refractivity contribution >= 4 is 17.7 Å². The molecule has 102 valence electrons. The predicted molar refractivity (Wildman–Crippen MR) is 70.7 cm³/mol. The van der Waals surface area contributed by atoms with Crippen molar-refractivity contribution in [2.45, 2.75) is 32.6 Å². The SMILES string of the molecule is Cc1ccnc(NC(=O)[C@@H]2CCC[C@@H](C(=O)O)C2)c1. The molecular formula is C14H18N2O3. The molecule has 1 aliphatic carbocycles. The van der Waals surface area contributed by atoms with Crippen LogP contribution in [-0.2, 0) is 9.59 Å². The Morgan fingerprint density at radius 1 is 1.37 bits per heavy atom. The number of hydrogen-bond donors (Lipinski definition) is 2. The van der Waals surface area contributed by atoms with E-state index >= 15 is 0 Å². The fraction of sp³-hybridized carbons (Fsp3) is 0.500. The molecule has 2 rings (SSSR count). The fourth-order valence-corrected chi connectivity index (χ4v) is 2.49. The Kier molecular flexibility index (Phi) is 4.14. The van der Waals surface area contributed by atoms with E-state index in [2.05, 4.69) is 10.3 Å². The van der Waals surface area contributed by atoms with Crippen molar-refractivity contribution in [2.75, 3.05) is 5.32 Å². The smallest absolute Gasteiger partial charge is 0.306 e. The van der Waals surface area contributed by atoms with E-state index < -0.39 is 11.9 Å². The Balaban J connectivity index is 1.98. The number of amides is 1. The Morgan fingerprint density at radius 3 is 2.79 bits per heavy atom. The molecule has 5 nitrogen and oxygen atoms in total. The topological polar surface area (TPSA) is 79.3 Å². The maximum absolute atomic E-state index is 12.1. The van der Waals surface area contributed by atoms with Gasteiger partial charge in [0.25, 0.3) is 0 Å². The monoisotopic (exact) mass is 262 g/mol. The number of carbonyl (C=O) groups excluding carboxylic acids is 1. The van der Waals surface area contributed by atoms with E-state index in [1.165, 1.54) is 0 Å². The average molecular weight is 262 g/mol. The summed E-state index contributed by atoms with van der Waals surface area (Å²) in [5, 5.41) is 11.8. The van der Waals surface area contributed by atoms with Crippen LogP contribution in [-0.4, -0.2) is 22.0 Å². The van der Waals surface area contributed by atoms with Gasteiger partial charge in [-0.3, -0.25) is 9.59 Å². The number of aliphatic carboxylic acids is 1. The molecule has 0 bridgehead atoms. The zero-order valence-corrected chi connectivity index (χ0v) is 10.9. The van der Waals surface area contributed by atoms with E-state index in [9.17, 15) is 9.59 Å². The Morgan fingerprint density at radius 2 is 2.11 bits per heavy atom. The second kappa shape index (κ2) is 5.82. The second-order valence-electron chi connectivity index (χ2n) is 5.11. The number of carboxylic acid groups (broad SMARTS) is 1. The van der Waals surface area contributed by atoms with Gasteiger partial charge < -0.3 is 10.4 Å². The van der Waals surface area contributed by atoms with Gasteiger partial charge >= 0.3 is 5.97 Å². The predicted octanol–water partition coefficient (Wildman–Crippen LogP) is 2.22. The van der Waals surface area contributed by atoms with E-state index in [1.54, 1.807) is 12.3 Å². The van der Waals surface area contributed by atoms with Crippen LogP contribution >= 0.6 is 0 Å². The first-order valence-electron chi connectivity index (χ1n) is 6.52. The maximum Gasteiger partial charge on any atom is 0.306 e. The standard InChI is InChI=1S/C14H18N2O3/c1-9-5-6-15-12(7-9)16-13(17)10-3-2-4-11(8-10)14(18)19/h5-7,10-11H,2-4,8H2,1H3,(H,18,19)(H,15,16,17)/t10-,11-/m1/s1. The summed E-state index contributed by atoms with van der Waals surface area (Å²) in [5.41, 5.74) is 1.03. The zero-order chi connectivity index (χ0) is 13.8. The number of nitrogens with zero attached hydrogens (tertiary/aromatic N) is 1. The lowest BCUT2D eigenvalue weighted by Crippen LogP contribution is -2.31. The third kappa shape index (κ3) is 3.53. The normalized spacial score (nSPS) is 22.8. The van der Waals surface area contributed by atoms with Gasteiger partial charge in [-0.05, 0) is 43.9 Å². The molecule has 5 heteroatoms. The van der Waals surface area contributed by atoms with Crippen LogP contribution < -0.4 is 5.32 Å². The highest BCUT2D eigenvalue weighted by atomic mass is 16.4. The first kappa shape index (κ1) is 13.5. The van der Waals surface area contributed by atoms with Crippen molar-refractivity contribution in [1.29, 1.82) is 0 Å². The summed E-state index contributed by atoms with van der Waals surface area (Å²) in [6.07, 6.45) is 4.28. The summed E-state index contributed by atoms with van der Waals surface area (Å²) in [6.45, 7) is 1.93. The van der Waals surface area contributed by atoms with Crippen molar-refractivity contribution in [2.24, 2.45) is 11.8 Å². The second-order valence-corrected chi connectivity index (χ2v) is 5.11. The molecule has 0 spiro atoms.